The lowest BCUT2D eigenvalue weighted by atomic mass is 10.1. The van der Waals surface area contributed by atoms with Gasteiger partial charge in [-0.25, -0.2) is 9.37 Å². The Morgan fingerprint density at radius 2 is 1.96 bits per heavy atom. The topological polar surface area (TPSA) is 119 Å². The molecule has 2 heterocycles. The van der Waals surface area contributed by atoms with Gasteiger partial charge in [-0.05, 0) is 38.5 Å². The van der Waals surface area contributed by atoms with Gasteiger partial charge in [0.1, 0.15) is 5.82 Å². The van der Waals surface area contributed by atoms with Crippen molar-refractivity contribution in [3.63, 3.8) is 0 Å². The highest BCUT2D eigenvalue weighted by molar-refractivity contribution is 5.98. The van der Waals surface area contributed by atoms with Gasteiger partial charge < -0.3 is 22.1 Å². The number of aromatic nitrogens is 2. The van der Waals surface area contributed by atoms with Crippen LogP contribution >= 0.6 is 0 Å². The van der Waals surface area contributed by atoms with Crippen molar-refractivity contribution in [2.45, 2.75) is 32.9 Å². The van der Waals surface area contributed by atoms with Gasteiger partial charge in [0.15, 0.2) is 11.6 Å². The molecule has 0 saturated carbocycles. The number of aryl methyl sites for hydroxylation is 1. The number of anilines is 3. The monoisotopic (exact) mass is 332 g/mol. The van der Waals surface area contributed by atoms with Gasteiger partial charge in [-0.15, -0.1) is 0 Å². The van der Waals surface area contributed by atoms with Crippen molar-refractivity contribution in [3.05, 3.63) is 41.5 Å². The van der Waals surface area contributed by atoms with E-state index in [9.17, 15) is 9.18 Å². The molecule has 24 heavy (non-hydrogen) atoms. The van der Waals surface area contributed by atoms with Crippen molar-refractivity contribution in [2.24, 2.45) is 11.5 Å². The van der Waals surface area contributed by atoms with Crippen LogP contribution in [0.25, 0.3) is 0 Å². The molecule has 6 N–H and O–H groups in total. The Balaban J connectivity index is 2.41. The van der Waals surface area contributed by atoms with Gasteiger partial charge >= 0.3 is 0 Å². The van der Waals surface area contributed by atoms with Crippen LogP contribution in [-0.2, 0) is 0 Å². The molecule has 0 aliphatic carbocycles. The van der Waals surface area contributed by atoms with Gasteiger partial charge in [0.25, 0.3) is 5.91 Å². The molecular formula is C16H21FN6O. The average Bonchev–Trinajstić information content (AvgIpc) is 2.49. The first-order chi connectivity index (χ1) is 11.3. The van der Waals surface area contributed by atoms with Crippen LogP contribution in [0, 0.1) is 12.7 Å². The minimum atomic E-state index is -0.781. The van der Waals surface area contributed by atoms with E-state index >= 15 is 0 Å². The molecule has 1 unspecified atom stereocenters. The molecule has 0 aliphatic heterocycles. The highest BCUT2D eigenvalue weighted by Crippen LogP contribution is 2.24. The second-order valence-electron chi connectivity index (χ2n) is 5.75. The summed E-state index contributed by atoms with van der Waals surface area (Å²) in [5.41, 5.74) is 12.6. The number of nitrogens with one attached hydrogen (secondary N) is 2. The molecule has 8 heteroatoms. The van der Waals surface area contributed by atoms with Crippen molar-refractivity contribution in [2.75, 3.05) is 10.6 Å². The van der Waals surface area contributed by atoms with E-state index in [1.807, 2.05) is 19.9 Å². The quantitative estimate of drug-likeness (QED) is 0.641. The molecule has 7 nitrogen and oxygen atoms in total. The zero-order chi connectivity index (χ0) is 17.9. The third kappa shape index (κ3) is 4.17. The van der Waals surface area contributed by atoms with Crippen molar-refractivity contribution in [1.29, 1.82) is 0 Å². The lowest BCUT2D eigenvalue weighted by Gasteiger charge is -2.20. The fraction of sp³-hybridized carbons (Fsp3) is 0.312. The molecular weight excluding hydrogens is 311 g/mol. The third-order valence-corrected chi connectivity index (χ3v) is 3.53. The Morgan fingerprint density at radius 3 is 2.54 bits per heavy atom. The van der Waals surface area contributed by atoms with Gasteiger partial charge in [-0.3, -0.25) is 9.78 Å². The van der Waals surface area contributed by atoms with Crippen molar-refractivity contribution in [3.8, 4) is 0 Å². The summed E-state index contributed by atoms with van der Waals surface area (Å²) in [6.07, 6.45) is 3.26. The Kier molecular flexibility index (Phi) is 5.30. The Labute approximate surface area is 139 Å². The van der Waals surface area contributed by atoms with Crippen LogP contribution in [0.2, 0.25) is 0 Å². The number of nitrogens with two attached hydrogens (primary N) is 2. The Bertz CT molecular complexity index is 749. The first-order valence-corrected chi connectivity index (χ1v) is 7.49. The van der Waals surface area contributed by atoms with E-state index in [1.165, 1.54) is 0 Å². The highest BCUT2D eigenvalue weighted by atomic mass is 19.1. The highest BCUT2D eigenvalue weighted by Gasteiger charge is 2.18. The molecule has 2 aromatic rings. The second-order valence-corrected chi connectivity index (χ2v) is 5.75. The van der Waals surface area contributed by atoms with E-state index < -0.39 is 11.7 Å². The third-order valence-electron chi connectivity index (χ3n) is 3.53. The van der Waals surface area contributed by atoms with Crippen molar-refractivity contribution in [1.82, 2.24) is 9.97 Å². The minimum Gasteiger partial charge on any atom is -0.365 e. The number of carbonyl (C=O) groups excluding carboxylic acids is 1. The fourth-order valence-electron chi connectivity index (χ4n) is 1.98. The first kappa shape index (κ1) is 17.6. The van der Waals surface area contributed by atoms with Crippen LogP contribution in [0.15, 0.2) is 24.5 Å². The van der Waals surface area contributed by atoms with E-state index in [0.29, 0.717) is 5.69 Å². The first-order valence-electron chi connectivity index (χ1n) is 7.49. The number of carbonyl (C=O) groups is 1. The molecule has 0 fully saturated rings. The van der Waals surface area contributed by atoms with Crippen LogP contribution in [-0.4, -0.2) is 28.0 Å². The summed E-state index contributed by atoms with van der Waals surface area (Å²) in [5.74, 6) is -1.32. The predicted molar refractivity (Wildman–Crippen MR) is 91.7 cm³/mol. The summed E-state index contributed by atoms with van der Waals surface area (Å²) in [6.45, 7) is 5.48. The van der Waals surface area contributed by atoms with Crippen LogP contribution < -0.4 is 22.1 Å². The molecule has 0 aromatic carbocycles. The zero-order valence-corrected chi connectivity index (χ0v) is 13.8. The molecule has 2 atom stereocenters. The van der Waals surface area contributed by atoms with E-state index in [1.54, 1.807) is 19.3 Å². The largest absolute Gasteiger partial charge is 0.365 e. The summed E-state index contributed by atoms with van der Waals surface area (Å²) < 4.78 is 14.2. The van der Waals surface area contributed by atoms with E-state index in [-0.39, 0.29) is 29.3 Å². The van der Waals surface area contributed by atoms with E-state index in [2.05, 4.69) is 20.6 Å². The average molecular weight is 332 g/mol. The van der Waals surface area contributed by atoms with Gasteiger partial charge in [0.2, 0.25) is 0 Å². The predicted octanol–water partition coefficient (Wildman–Crippen LogP) is 1.91. The maximum absolute atomic E-state index is 14.2. The summed E-state index contributed by atoms with van der Waals surface area (Å²) in [4.78, 5) is 19.8. The minimum absolute atomic E-state index is 0.00656. The number of halogens is 1. The van der Waals surface area contributed by atoms with E-state index in [0.717, 1.165) is 11.6 Å². The number of hydrogen-bond acceptors (Lipinski definition) is 6. The SMILES string of the molecule is Cc1cncc(Nc2nc(NC(C)[C@H](C)N)c(F)cc2C(N)=O)c1. The van der Waals surface area contributed by atoms with E-state index in [4.69, 9.17) is 11.5 Å². The molecule has 0 saturated heterocycles. The summed E-state index contributed by atoms with van der Waals surface area (Å²) in [5, 5.41) is 5.85. The van der Waals surface area contributed by atoms with Crippen LogP contribution in [0.1, 0.15) is 29.8 Å². The number of nitrogens with zero attached hydrogens (tertiary/aromatic N) is 2. The number of rotatable bonds is 6. The molecule has 2 rings (SSSR count). The van der Waals surface area contributed by atoms with Crippen LogP contribution in [0.3, 0.4) is 0 Å². The van der Waals surface area contributed by atoms with Gasteiger partial charge in [0, 0.05) is 18.3 Å². The standard InChI is InChI=1S/C16H21FN6O/c1-8-4-11(7-20-6-8)22-15-12(14(19)24)5-13(17)16(23-15)21-10(3)9(2)18/h4-7,9-10H,18H2,1-3H3,(H2,19,24)(H2,21,22,23)/t9-,10?/m0/s1. The maximum Gasteiger partial charge on any atom is 0.252 e. The molecule has 0 spiro atoms. The van der Waals surface area contributed by atoms with Crippen molar-refractivity contribution >= 4 is 23.2 Å². The lowest BCUT2D eigenvalue weighted by Crippen LogP contribution is -2.35. The summed E-state index contributed by atoms with van der Waals surface area (Å²) >= 11 is 0. The second kappa shape index (κ2) is 7.22. The number of amides is 1. The smallest absolute Gasteiger partial charge is 0.252 e. The van der Waals surface area contributed by atoms with Gasteiger partial charge in [-0.2, -0.15) is 0 Å². The molecule has 0 aliphatic rings. The Hall–Kier alpha value is -2.74. The number of primary amides is 1. The maximum atomic E-state index is 14.2. The Morgan fingerprint density at radius 1 is 1.25 bits per heavy atom. The van der Waals surface area contributed by atoms with Crippen LogP contribution in [0.4, 0.5) is 21.7 Å². The van der Waals surface area contributed by atoms with Crippen molar-refractivity contribution < 1.29 is 9.18 Å². The summed E-state index contributed by atoms with van der Waals surface area (Å²) in [6, 6.07) is 2.46. The molecule has 0 bridgehead atoms. The number of pyridine rings is 2. The van der Waals surface area contributed by atoms with Gasteiger partial charge in [0.05, 0.1) is 17.4 Å². The number of hydrogen-bond donors (Lipinski definition) is 4. The molecule has 1 amide bonds. The van der Waals surface area contributed by atoms with Crippen LogP contribution in [0.5, 0.6) is 0 Å². The summed E-state index contributed by atoms with van der Waals surface area (Å²) in [7, 11) is 0. The zero-order valence-electron chi connectivity index (χ0n) is 13.8. The normalized spacial score (nSPS) is 13.2. The lowest BCUT2D eigenvalue weighted by molar-refractivity contribution is 0.100. The molecule has 0 radical (unpaired) electrons. The fourth-order valence-corrected chi connectivity index (χ4v) is 1.98. The van der Waals surface area contributed by atoms with Gasteiger partial charge in [-0.1, -0.05) is 0 Å². The molecule has 128 valence electrons. The molecule has 2 aromatic heterocycles.